The smallest absolute Gasteiger partial charge is 0.337 e. The van der Waals surface area contributed by atoms with Crippen molar-refractivity contribution in [2.24, 2.45) is 0 Å². The minimum absolute atomic E-state index is 0.351. The SMILES string of the molecule is Cc1ccc(NCCCCN(C)C(C)C)c(C(=O)O)c1. The molecule has 0 unspecified atom stereocenters. The zero-order chi connectivity index (χ0) is 15.1. The average molecular weight is 278 g/mol. The molecule has 0 saturated heterocycles. The number of hydrogen-bond acceptors (Lipinski definition) is 3. The zero-order valence-electron chi connectivity index (χ0n) is 12.9. The maximum atomic E-state index is 11.2. The standard InChI is InChI=1S/C16H26N2O2/c1-12(2)18(4)10-6-5-9-17-15-8-7-13(3)11-14(15)16(19)20/h7-8,11-12,17H,5-6,9-10H2,1-4H3,(H,19,20). The first-order chi connectivity index (χ1) is 9.41. The van der Waals surface area contributed by atoms with Gasteiger partial charge in [-0.3, -0.25) is 0 Å². The number of anilines is 1. The molecule has 0 saturated carbocycles. The molecule has 4 heteroatoms. The quantitative estimate of drug-likeness (QED) is 0.717. The van der Waals surface area contributed by atoms with Crippen LogP contribution in [0, 0.1) is 6.92 Å². The number of carboxylic acids is 1. The van der Waals surface area contributed by atoms with E-state index in [2.05, 4.69) is 31.1 Å². The summed E-state index contributed by atoms with van der Waals surface area (Å²) < 4.78 is 0. The minimum atomic E-state index is -0.879. The maximum Gasteiger partial charge on any atom is 0.337 e. The highest BCUT2D eigenvalue weighted by molar-refractivity contribution is 5.94. The first-order valence-electron chi connectivity index (χ1n) is 7.20. The lowest BCUT2D eigenvalue weighted by Gasteiger charge is -2.20. The van der Waals surface area contributed by atoms with Gasteiger partial charge in [-0.05, 0) is 59.3 Å². The van der Waals surface area contributed by atoms with Gasteiger partial charge in [-0.25, -0.2) is 4.79 Å². The van der Waals surface area contributed by atoms with Crippen molar-refractivity contribution in [3.63, 3.8) is 0 Å². The van der Waals surface area contributed by atoms with Crippen LogP contribution < -0.4 is 5.32 Å². The van der Waals surface area contributed by atoms with Crippen molar-refractivity contribution < 1.29 is 9.90 Å². The maximum absolute atomic E-state index is 11.2. The number of unbranched alkanes of at least 4 members (excludes halogenated alkanes) is 1. The van der Waals surface area contributed by atoms with Crippen molar-refractivity contribution in [1.29, 1.82) is 0 Å². The van der Waals surface area contributed by atoms with Crippen molar-refractivity contribution in [1.82, 2.24) is 4.90 Å². The van der Waals surface area contributed by atoms with E-state index in [0.717, 1.165) is 31.5 Å². The molecule has 0 bridgehead atoms. The summed E-state index contributed by atoms with van der Waals surface area (Å²) in [7, 11) is 2.13. The molecule has 0 atom stereocenters. The summed E-state index contributed by atoms with van der Waals surface area (Å²) in [6.07, 6.45) is 2.14. The van der Waals surface area contributed by atoms with E-state index in [-0.39, 0.29) is 0 Å². The highest BCUT2D eigenvalue weighted by atomic mass is 16.4. The Kier molecular flexibility index (Phi) is 6.52. The predicted octanol–water partition coefficient (Wildman–Crippen LogP) is 3.23. The number of nitrogens with one attached hydrogen (secondary N) is 1. The van der Waals surface area contributed by atoms with Gasteiger partial charge in [0.25, 0.3) is 0 Å². The largest absolute Gasteiger partial charge is 0.478 e. The van der Waals surface area contributed by atoms with Crippen LogP contribution in [-0.2, 0) is 0 Å². The number of benzene rings is 1. The molecule has 112 valence electrons. The van der Waals surface area contributed by atoms with Gasteiger partial charge in [-0.15, -0.1) is 0 Å². The molecule has 20 heavy (non-hydrogen) atoms. The molecular weight excluding hydrogens is 252 g/mol. The van der Waals surface area contributed by atoms with Crippen LogP contribution in [-0.4, -0.2) is 42.2 Å². The Morgan fingerprint density at radius 1 is 1.35 bits per heavy atom. The van der Waals surface area contributed by atoms with Crippen LogP contribution in [0.2, 0.25) is 0 Å². The van der Waals surface area contributed by atoms with Crippen LogP contribution in [0.15, 0.2) is 18.2 Å². The molecular formula is C16H26N2O2. The highest BCUT2D eigenvalue weighted by Gasteiger charge is 2.09. The molecule has 4 nitrogen and oxygen atoms in total. The van der Waals surface area contributed by atoms with Crippen molar-refractivity contribution in [3.05, 3.63) is 29.3 Å². The topological polar surface area (TPSA) is 52.6 Å². The van der Waals surface area contributed by atoms with E-state index in [1.54, 1.807) is 6.07 Å². The van der Waals surface area contributed by atoms with Crippen molar-refractivity contribution in [2.45, 2.75) is 39.7 Å². The molecule has 1 rings (SSSR count). The second-order valence-electron chi connectivity index (χ2n) is 5.56. The summed E-state index contributed by atoms with van der Waals surface area (Å²) in [5.41, 5.74) is 2.02. The molecule has 0 aliphatic carbocycles. The van der Waals surface area contributed by atoms with Gasteiger partial charge in [-0.2, -0.15) is 0 Å². The van der Waals surface area contributed by atoms with Crippen LogP contribution in [0.5, 0.6) is 0 Å². The lowest BCUT2D eigenvalue weighted by atomic mass is 10.1. The lowest BCUT2D eigenvalue weighted by molar-refractivity contribution is 0.0698. The monoisotopic (exact) mass is 278 g/mol. The average Bonchev–Trinajstić information content (AvgIpc) is 2.39. The van der Waals surface area contributed by atoms with Crippen molar-refractivity contribution in [3.8, 4) is 0 Å². The Balaban J connectivity index is 2.41. The lowest BCUT2D eigenvalue weighted by Crippen LogP contribution is -2.27. The third-order valence-corrected chi connectivity index (χ3v) is 3.54. The molecule has 0 aliphatic heterocycles. The van der Waals surface area contributed by atoms with Crippen molar-refractivity contribution in [2.75, 3.05) is 25.5 Å². The first kappa shape index (κ1) is 16.5. The summed E-state index contributed by atoms with van der Waals surface area (Å²) in [5, 5.41) is 12.4. The van der Waals surface area contributed by atoms with Crippen LogP contribution >= 0.6 is 0 Å². The van der Waals surface area contributed by atoms with E-state index in [9.17, 15) is 9.90 Å². The van der Waals surface area contributed by atoms with E-state index in [0.29, 0.717) is 17.3 Å². The highest BCUT2D eigenvalue weighted by Crippen LogP contribution is 2.17. The summed E-state index contributed by atoms with van der Waals surface area (Å²) in [5.74, 6) is -0.879. The Labute approximate surface area is 121 Å². The Hall–Kier alpha value is -1.55. The predicted molar refractivity (Wildman–Crippen MR) is 83.6 cm³/mol. The fourth-order valence-electron chi connectivity index (χ4n) is 1.96. The van der Waals surface area contributed by atoms with Gasteiger partial charge in [0.15, 0.2) is 0 Å². The molecule has 0 amide bonds. The van der Waals surface area contributed by atoms with Gasteiger partial charge >= 0.3 is 5.97 Å². The van der Waals surface area contributed by atoms with Gasteiger partial charge in [0.1, 0.15) is 0 Å². The van der Waals surface area contributed by atoms with E-state index < -0.39 is 5.97 Å². The molecule has 2 N–H and O–H groups in total. The first-order valence-corrected chi connectivity index (χ1v) is 7.20. The molecule has 0 fully saturated rings. The second-order valence-corrected chi connectivity index (χ2v) is 5.56. The second kappa shape index (κ2) is 7.90. The summed E-state index contributed by atoms with van der Waals surface area (Å²) in [6, 6.07) is 6.05. The van der Waals surface area contributed by atoms with Crippen LogP contribution in [0.1, 0.15) is 42.6 Å². The van der Waals surface area contributed by atoms with Crippen molar-refractivity contribution >= 4 is 11.7 Å². The van der Waals surface area contributed by atoms with Gasteiger partial charge in [0, 0.05) is 18.3 Å². The normalized spacial score (nSPS) is 11.1. The number of aromatic carboxylic acids is 1. The number of nitrogens with zero attached hydrogens (tertiary/aromatic N) is 1. The molecule has 0 radical (unpaired) electrons. The van der Waals surface area contributed by atoms with Crippen LogP contribution in [0.3, 0.4) is 0 Å². The van der Waals surface area contributed by atoms with Crippen LogP contribution in [0.25, 0.3) is 0 Å². The Bertz CT molecular complexity index is 444. The molecule has 0 heterocycles. The number of carboxylic acid groups (broad SMARTS) is 1. The van der Waals surface area contributed by atoms with Gasteiger partial charge in [0.05, 0.1) is 5.56 Å². The third kappa shape index (κ3) is 5.21. The molecule has 0 aliphatic rings. The molecule has 1 aromatic carbocycles. The summed E-state index contributed by atoms with van der Waals surface area (Å²) >= 11 is 0. The van der Waals surface area contributed by atoms with E-state index in [4.69, 9.17) is 0 Å². The van der Waals surface area contributed by atoms with E-state index >= 15 is 0 Å². The number of aryl methyl sites for hydroxylation is 1. The fourth-order valence-corrected chi connectivity index (χ4v) is 1.96. The van der Waals surface area contributed by atoms with Crippen LogP contribution in [0.4, 0.5) is 5.69 Å². The number of carbonyl (C=O) groups is 1. The molecule has 0 spiro atoms. The fraction of sp³-hybridized carbons (Fsp3) is 0.562. The number of hydrogen-bond donors (Lipinski definition) is 2. The van der Waals surface area contributed by atoms with E-state index in [1.807, 2.05) is 19.1 Å². The zero-order valence-corrected chi connectivity index (χ0v) is 12.9. The number of rotatable bonds is 8. The molecule has 0 aromatic heterocycles. The minimum Gasteiger partial charge on any atom is -0.478 e. The Morgan fingerprint density at radius 2 is 2.05 bits per heavy atom. The molecule has 1 aromatic rings. The summed E-state index contributed by atoms with van der Waals surface area (Å²) in [4.78, 5) is 13.5. The van der Waals surface area contributed by atoms with Gasteiger partial charge < -0.3 is 15.3 Å². The summed E-state index contributed by atoms with van der Waals surface area (Å²) in [6.45, 7) is 8.14. The Morgan fingerprint density at radius 3 is 2.65 bits per heavy atom. The van der Waals surface area contributed by atoms with Gasteiger partial charge in [-0.1, -0.05) is 11.6 Å². The third-order valence-electron chi connectivity index (χ3n) is 3.54. The van der Waals surface area contributed by atoms with Gasteiger partial charge in [0.2, 0.25) is 0 Å². The van der Waals surface area contributed by atoms with E-state index in [1.165, 1.54) is 0 Å².